The molecule has 10 nitrogen and oxygen atoms in total. The first-order valence-corrected chi connectivity index (χ1v) is 11.7. The molecule has 1 amide bonds. The second-order valence-corrected chi connectivity index (χ2v) is 9.12. The molecule has 34 heavy (non-hydrogen) atoms. The number of fused-ring (bicyclic) bond motifs is 1. The maximum Gasteiger partial charge on any atom is 0.284 e. The fourth-order valence-electron chi connectivity index (χ4n) is 4.24. The smallest absolute Gasteiger partial charge is 0.284 e. The molecule has 1 N–H and O–H groups in total. The van der Waals surface area contributed by atoms with Gasteiger partial charge in [-0.25, -0.2) is 0 Å². The number of nitro groups is 1. The van der Waals surface area contributed by atoms with Crippen molar-refractivity contribution < 1.29 is 18.9 Å². The molecular formula is C23H21N5O5S. The number of aliphatic imine (C=N–C) groups is 1. The number of methoxy groups -OCH3 is 1. The summed E-state index contributed by atoms with van der Waals surface area (Å²) in [6.45, 7) is 0. The minimum atomic E-state index is -0.544. The molecule has 0 bridgehead atoms. The molecule has 3 aliphatic rings. The molecule has 2 aliphatic heterocycles. The number of ether oxygens (including phenoxy) is 1. The average molecular weight is 480 g/mol. The van der Waals surface area contributed by atoms with E-state index in [0.717, 1.165) is 30.7 Å². The van der Waals surface area contributed by atoms with Crippen molar-refractivity contribution >= 4 is 45.5 Å². The van der Waals surface area contributed by atoms with E-state index in [1.165, 1.54) is 42.4 Å². The number of nitrogens with one attached hydrogen (secondary N) is 1. The second-order valence-electron chi connectivity index (χ2n) is 8.14. The number of amidine groups is 2. The van der Waals surface area contributed by atoms with Crippen LogP contribution in [0.2, 0.25) is 0 Å². The molecule has 1 aromatic carbocycles. The predicted octanol–water partition coefficient (Wildman–Crippen LogP) is 5.06. The minimum absolute atomic E-state index is 0.0446. The SMILES string of the molecule is COc1ccc(-c2ccc(/C=C3\C(=N)N4N=C(C5CCCCC5)SC4=NC3=O)o2)c([N+](=O)[O-])c1. The molecule has 2 aromatic rings. The molecule has 1 aliphatic carbocycles. The number of nitro benzene ring substituents is 1. The Bertz CT molecular complexity index is 1290. The summed E-state index contributed by atoms with van der Waals surface area (Å²) < 4.78 is 10.9. The fraction of sp³-hybridized carbons (Fsp3) is 0.304. The van der Waals surface area contributed by atoms with E-state index in [1.807, 2.05) is 0 Å². The van der Waals surface area contributed by atoms with Gasteiger partial charge in [-0.1, -0.05) is 19.3 Å². The minimum Gasteiger partial charge on any atom is -0.497 e. The fourth-order valence-corrected chi connectivity index (χ4v) is 5.30. The van der Waals surface area contributed by atoms with Crippen LogP contribution in [0.5, 0.6) is 5.75 Å². The van der Waals surface area contributed by atoms with Crippen molar-refractivity contribution in [3.8, 4) is 17.1 Å². The number of nitrogens with zero attached hydrogens (tertiary/aromatic N) is 4. The summed E-state index contributed by atoms with van der Waals surface area (Å²) in [5, 5.41) is 27.4. The number of hydrazone groups is 1. The number of carbonyl (C=O) groups is 1. The van der Waals surface area contributed by atoms with Crippen LogP contribution in [0.1, 0.15) is 37.9 Å². The van der Waals surface area contributed by atoms with Crippen LogP contribution in [0, 0.1) is 21.4 Å². The van der Waals surface area contributed by atoms with Crippen LogP contribution in [0.15, 0.2) is 50.4 Å². The summed E-state index contributed by atoms with van der Waals surface area (Å²) >= 11 is 1.37. The van der Waals surface area contributed by atoms with Gasteiger partial charge in [-0.3, -0.25) is 20.3 Å². The number of thioether (sulfide) groups is 1. The van der Waals surface area contributed by atoms with Gasteiger partial charge in [0, 0.05) is 5.92 Å². The van der Waals surface area contributed by atoms with Crippen LogP contribution in [0.4, 0.5) is 5.69 Å². The Morgan fingerprint density at radius 3 is 2.79 bits per heavy atom. The number of hydrogen-bond donors (Lipinski definition) is 1. The van der Waals surface area contributed by atoms with Gasteiger partial charge in [0.2, 0.25) is 5.17 Å². The van der Waals surface area contributed by atoms with E-state index >= 15 is 0 Å². The number of carbonyl (C=O) groups excluding carboxylic acids is 1. The van der Waals surface area contributed by atoms with Gasteiger partial charge in [0.1, 0.15) is 22.3 Å². The van der Waals surface area contributed by atoms with Crippen LogP contribution in [0.25, 0.3) is 17.4 Å². The standard InChI is InChI=1S/C23H21N5O5S/c1-32-14-7-9-16(18(12-14)28(30)31)19-10-8-15(33-19)11-17-20(24)27-23(25-21(17)29)34-22(26-27)13-5-3-2-4-6-13/h7-13,24H,2-6H2,1H3/b17-11+,24-20?. The first-order valence-electron chi connectivity index (χ1n) is 10.9. The molecule has 0 spiro atoms. The summed E-state index contributed by atoms with van der Waals surface area (Å²) in [6.07, 6.45) is 7.08. The summed E-state index contributed by atoms with van der Waals surface area (Å²) in [5.41, 5.74) is 0.156. The Kier molecular flexibility index (Phi) is 5.78. The highest BCUT2D eigenvalue weighted by molar-refractivity contribution is 8.27. The largest absolute Gasteiger partial charge is 0.497 e. The van der Waals surface area contributed by atoms with Gasteiger partial charge in [0.25, 0.3) is 11.6 Å². The summed E-state index contributed by atoms with van der Waals surface area (Å²) in [4.78, 5) is 27.8. The van der Waals surface area contributed by atoms with Crippen molar-refractivity contribution in [2.75, 3.05) is 7.11 Å². The third kappa shape index (κ3) is 4.03. The molecule has 3 heterocycles. The highest BCUT2D eigenvalue weighted by atomic mass is 32.2. The summed E-state index contributed by atoms with van der Waals surface area (Å²) in [5.74, 6) is 0.620. The predicted molar refractivity (Wildman–Crippen MR) is 129 cm³/mol. The van der Waals surface area contributed by atoms with E-state index in [4.69, 9.17) is 14.6 Å². The third-order valence-corrected chi connectivity index (χ3v) is 7.08. The molecule has 1 aromatic heterocycles. The van der Waals surface area contributed by atoms with Gasteiger partial charge < -0.3 is 9.15 Å². The van der Waals surface area contributed by atoms with Crippen molar-refractivity contribution in [1.82, 2.24) is 5.01 Å². The lowest BCUT2D eigenvalue weighted by Gasteiger charge is -2.20. The number of benzene rings is 1. The molecule has 1 fully saturated rings. The number of rotatable bonds is 5. The van der Waals surface area contributed by atoms with E-state index in [0.29, 0.717) is 16.8 Å². The Morgan fingerprint density at radius 1 is 1.26 bits per heavy atom. The Hall–Kier alpha value is -3.73. The van der Waals surface area contributed by atoms with Crippen molar-refractivity contribution in [2.45, 2.75) is 32.1 Å². The van der Waals surface area contributed by atoms with Gasteiger partial charge in [-0.15, -0.1) is 0 Å². The molecule has 0 unspecified atom stereocenters. The molecule has 0 atom stereocenters. The van der Waals surface area contributed by atoms with Gasteiger partial charge in [-0.05, 0) is 54.9 Å². The van der Waals surface area contributed by atoms with Gasteiger partial charge in [0.15, 0.2) is 5.84 Å². The first kappa shape index (κ1) is 22.1. The van der Waals surface area contributed by atoms with Crippen LogP contribution < -0.4 is 4.74 Å². The van der Waals surface area contributed by atoms with E-state index in [1.54, 1.807) is 24.3 Å². The van der Waals surface area contributed by atoms with Crippen molar-refractivity contribution in [3.63, 3.8) is 0 Å². The zero-order valence-electron chi connectivity index (χ0n) is 18.3. The van der Waals surface area contributed by atoms with Crippen LogP contribution in [0.3, 0.4) is 0 Å². The highest BCUT2D eigenvalue weighted by Gasteiger charge is 2.38. The average Bonchev–Trinajstić information content (AvgIpc) is 3.49. The summed E-state index contributed by atoms with van der Waals surface area (Å²) in [6, 6.07) is 7.63. The first-order chi connectivity index (χ1) is 16.4. The lowest BCUT2D eigenvalue weighted by atomic mass is 9.90. The monoisotopic (exact) mass is 479 g/mol. The molecule has 0 radical (unpaired) electrons. The maximum absolute atomic E-state index is 12.7. The van der Waals surface area contributed by atoms with E-state index in [9.17, 15) is 14.9 Å². The molecule has 1 saturated carbocycles. The third-order valence-electron chi connectivity index (χ3n) is 6.00. The molecule has 0 saturated heterocycles. The van der Waals surface area contributed by atoms with Gasteiger partial charge >= 0.3 is 0 Å². The summed E-state index contributed by atoms with van der Waals surface area (Å²) in [7, 11) is 1.43. The van der Waals surface area contributed by atoms with Crippen LogP contribution >= 0.6 is 11.8 Å². The zero-order chi connectivity index (χ0) is 23.8. The Morgan fingerprint density at radius 2 is 2.06 bits per heavy atom. The van der Waals surface area contributed by atoms with Crippen LogP contribution in [-0.4, -0.2) is 39.0 Å². The van der Waals surface area contributed by atoms with Gasteiger partial charge in [0.05, 0.1) is 29.2 Å². The Labute approximate surface area is 199 Å². The van der Waals surface area contributed by atoms with Crippen molar-refractivity contribution in [1.29, 1.82) is 5.41 Å². The Balaban J connectivity index is 1.42. The quantitative estimate of drug-likeness (QED) is 0.360. The molecule has 11 heteroatoms. The van der Waals surface area contributed by atoms with E-state index < -0.39 is 10.8 Å². The van der Waals surface area contributed by atoms with Crippen LogP contribution in [-0.2, 0) is 4.79 Å². The lowest BCUT2D eigenvalue weighted by molar-refractivity contribution is -0.384. The van der Waals surface area contributed by atoms with Gasteiger partial charge in [-0.2, -0.15) is 15.1 Å². The maximum atomic E-state index is 12.7. The van der Waals surface area contributed by atoms with E-state index in [-0.39, 0.29) is 34.2 Å². The van der Waals surface area contributed by atoms with E-state index in [2.05, 4.69) is 10.1 Å². The zero-order valence-corrected chi connectivity index (χ0v) is 19.1. The number of furan rings is 1. The highest BCUT2D eigenvalue weighted by Crippen LogP contribution is 2.37. The number of hydrogen-bond acceptors (Lipinski definition) is 8. The van der Waals surface area contributed by atoms with Crippen molar-refractivity contribution in [2.24, 2.45) is 16.0 Å². The topological polar surface area (TPSA) is 134 Å². The van der Waals surface area contributed by atoms with Crippen molar-refractivity contribution in [3.05, 3.63) is 51.8 Å². The number of amides is 1. The second kappa shape index (κ2) is 8.90. The lowest BCUT2D eigenvalue weighted by Crippen LogP contribution is -2.35. The molecule has 5 rings (SSSR count). The molecular weight excluding hydrogens is 458 g/mol. The normalized spacial score (nSPS) is 19.8. The molecule has 174 valence electrons.